The van der Waals surface area contributed by atoms with Crippen LogP contribution in [0.5, 0.6) is 0 Å². The fraction of sp³-hybridized carbons (Fsp3) is 0.560. The Labute approximate surface area is 191 Å². The van der Waals surface area contributed by atoms with Crippen molar-refractivity contribution in [3.8, 4) is 0 Å². The maximum Gasteiger partial charge on any atom is 0.408 e. The highest BCUT2D eigenvalue weighted by Crippen LogP contribution is 2.35. The standard InChI is InChI=1S/C25H38N2O5/c1-9-13-18(20(22(29)30)24(2,3)4)21(28)27(8)16-19(17-14-11-10-12-15-17)26-23(31)32-25(5,6)7/h9-12,14-15,18-20H,1,13,16H2,2-8H3,(H,26,31)(H,29,30)/t18?,19-,20?/m0/s1. The summed E-state index contributed by atoms with van der Waals surface area (Å²) in [6, 6.07) is 8.75. The lowest BCUT2D eigenvalue weighted by atomic mass is 9.71. The molecule has 2 N–H and O–H groups in total. The second-order valence-corrected chi connectivity index (χ2v) is 10.1. The SMILES string of the molecule is C=CCC(C(=O)N(C)C[C@H](NC(=O)OC(C)(C)C)c1ccccc1)C(C(=O)O)C(C)(C)C. The highest BCUT2D eigenvalue weighted by atomic mass is 16.6. The topological polar surface area (TPSA) is 95.9 Å². The van der Waals surface area contributed by atoms with Gasteiger partial charge >= 0.3 is 12.1 Å². The van der Waals surface area contributed by atoms with E-state index in [1.807, 2.05) is 51.1 Å². The molecule has 0 bridgehead atoms. The van der Waals surface area contributed by atoms with E-state index in [0.29, 0.717) is 0 Å². The van der Waals surface area contributed by atoms with E-state index in [-0.39, 0.29) is 18.9 Å². The number of alkyl carbamates (subject to hydrolysis) is 1. The smallest absolute Gasteiger partial charge is 0.408 e. The summed E-state index contributed by atoms with van der Waals surface area (Å²) in [4.78, 5) is 39.3. The Kier molecular flexibility index (Phi) is 9.49. The van der Waals surface area contributed by atoms with Crippen LogP contribution in [-0.2, 0) is 14.3 Å². The third-order valence-electron chi connectivity index (χ3n) is 5.06. The van der Waals surface area contributed by atoms with Crippen LogP contribution in [0.1, 0.15) is 59.6 Å². The monoisotopic (exact) mass is 446 g/mol. The van der Waals surface area contributed by atoms with Crippen molar-refractivity contribution in [3.05, 3.63) is 48.6 Å². The van der Waals surface area contributed by atoms with E-state index >= 15 is 0 Å². The van der Waals surface area contributed by atoms with E-state index < -0.39 is 41.0 Å². The molecule has 0 fully saturated rings. The molecule has 32 heavy (non-hydrogen) atoms. The molecule has 1 aromatic rings. The van der Waals surface area contributed by atoms with Crippen molar-refractivity contribution in [3.63, 3.8) is 0 Å². The number of hydrogen-bond acceptors (Lipinski definition) is 4. The molecule has 0 aliphatic rings. The van der Waals surface area contributed by atoms with E-state index in [4.69, 9.17) is 4.74 Å². The Hall–Kier alpha value is -2.83. The molecule has 0 heterocycles. The van der Waals surface area contributed by atoms with Crippen LogP contribution in [0.2, 0.25) is 0 Å². The summed E-state index contributed by atoms with van der Waals surface area (Å²) in [5.74, 6) is -2.98. The molecule has 2 amide bonds. The predicted molar refractivity (Wildman–Crippen MR) is 125 cm³/mol. The Morgan fingerprint density at radius 3 is 2.12 bits per heavy atom. The summed E-state index contributed by atoms with van der Waals surface area (Å²) in [5, 5.41) is 12.7. The highest BCUT2D eigenvalue weighted by molar-refractivity contribution is 5.85. The van der Waals surface area contributed by atoms with Gasteiger partial charge in [-0.05, 0) is 38.2 Å². The van der Waals surface area contributed by atoms with Crippen LogP contribution in [-0.4, -0.2) is 47.2 Å². The number of carbonyl (C=O) groups is 3. The molecule has 7 heteroatoms. The van der Waals surface area contributed by atoms with Crippen molar-refractivity contribution < 1.29 is 24.2 Å². The number of aliphatic carboxylic acids is 1. The van der Waals surface area contributed by atoms with Crippen LogP contribution in [0.15, 0.2) is 43.0 Å². The summed E-state index contributed by atoms with van der Waals surface area (Å²) in [7, 11) is 1.62. The van der Waals surface area contributed by atoms with Crippen LogP contribution < -0.4 is 5.32 Å². The van der Waals surface area contributed by atoms with Gasteiger partial charge in [-0.15, -0.1) is 6.58 Å². The minimum absolute atomic E-state index is 0.159. The number of ether oxygens (including phenoxy) is 1. The number of carboxylic acids is 1. The molecule has 3 atom stereocenters. The van der Waals surface area contributed by atoms with Crippen LogP contribution in [0, 0.1) is 17.3 Å². The van der Waals surface area contributed by atoms with Gasteiger partial charge in [0.25, 0.3) is 0 Å². The van der Waals surface area contributed by atoms with Gasteiger partial charge in [-0.3, -0.25) is 9.59 Å². The van der Waals surface area contributed by atoms with E-state index in [1.54, 1.807) is 33.9 Å². The van der Waals surface area contributed by atoms with Gasteiger partial charge < -0.3 is 20.1 Å². The molecular formula is C25H38N2O5. The van der Waals surface area contributed by atoms with Crippen LogP contribution in [0.4, 0.5) is 4.79 Å². The Bertz CT molecular complexity index is 793. The van der Waals surface area contributed by atoms with Gasteiger partial charge in [-0.25, -0.2) is 4.79 Å². The van der Waals surface area contributed by atoms with Crippen molar-refractivity contribution in [1.29, 1.82) is 0 Å². The quantitative estimate of drug-likeness (QED) is 0.538. The maximum atomic E-state index is 13.4. The third kappa shape index (κ3) is 8.36. The highest BCUT2D eigenvalue weighted by Gasteiger charge is 2.42. The zero-order valence-corrected chi connectivity index (χ0v) is 20.3. The number of carbonyl (C=O) groups excluding carboxylic acids is 2. The Morgan fingerprint density at radius 2 is 1.69 bits per heavy atom. The molecule has 0 aliphatic heterocycles. The zero-order chi connectivity index (χ0) is 24.7. The van der Waals surface area contributed by atoms with Crippen LogP contribution in [0.25, 0.3) is 0 Å². The number of rotatable bonds is 9. The summed E-state index contributed by atoms with van der Waals surface area (Å²) in [5.41, 5.74) is -0.475. The van der Waals surface area contributed by atoms with Crippen molar-refractivity contribution in [2.24, 2.45) is 17.3 Å². The second-order valence-electron chi connectivity index (χ2n) is 10.1. The average molecular weight is 447 g/mol. The van der Waals surface area contributed by atoms with E-state index in [1.165, 1.54) is 4.90 Å². The number of hydrogen-bond donors (Lipinski definition) is 2. The van der Waals surface area contributed by atoms with Crippen molar-refractivity contribution in [1.82, 2.24) is 10.2 Å². The zero-order valence-electron chi connectivity index (χ0n) is 20.3. The molecule has 1 aromatic carbocycles. The van der Waals surface area contributed by atoms with E-state index in [0.717, 1.165) is 5.56 Å². The number of likely N-dealkylation sites (N-methyl/N-ethyl adjacent to an activating group) is 1. The Morgan fingerprint density at radius 1 is 1.12 bits per heavy atom. The number of nitrogens with one attached hydrogen (secondary N) is 1. The molecule has 0 aromatic heterocycles. The number of carboxylic acid groups (broad SMARTS) is 1. The lowest BCUT2D eigenvalue weighted by Gasteiger charge is -2.36. The minimum Gasteiger partial charge on any atom is -0.481 e. The van der Waals surface area contributed by atoms with E-state index in [9.17, 15) is 19.5 Å². The minimum atomic E-state index is -1.02. The van der Waals surface area contributed by atoms with Crippen LogP contribution >= 0.6 is 0 Å². The molecule has 0 saturated heterocycles. The molecule has 0 aliphatic carbocycles. The summed E-state index contributed by atoms with van der Waals surface area (Å²) < 4.78 is 5.39. The third-order valence-corrected chi connectivity index (χ3v) is 5.06. The van der Waals surface area contributed by atoms with E-state index in [2.05, 4.69) is 11.9 Å². The molecular weight excluding hydrogens is 408 g/mol. The first-order valence-electron chi connectivity index (χ1n) is 10.8. The summed E-state index contributed by atoms with van der Waals surface area (Å²) >= 11 is 0. The largest absolute Gasteiger partial charge is 0.481 e. The molecule has 0 spiro atoms. The van der Waals surface area contributed by atoms with Gasteiger partial charge in [0, 0.05) is 13.6 Å². The van der Waals surface area contributed by atoms with Crippen molar-refractivity contribution >= 4 is 18.0 Å². The molecule has 2 unspecified atom stereocenters. The van der Waals surface area contributed by atoms with Gasteiger partial charge in [0.05, 0.1) is 17.9 Å². The molecule has 7 nitrogen and oxygen atoms in total. The molecule has 1 rings (SSSR count). The number of allylic oxidation sites excluding steroid dienone is 1. The normalized spacial score (nSPS) is 14.6. The summed E-state index contributed by atoms with van der Waals surface area (Å²) in [6.45, 7) is 14.6. The van der Waals surface area contributed by atoms with Crippen molar-refractivity contribution in [2.75, 3.05) is 13.6 Å². The van der Waals surface area contributed by atoms with Gasteiger partial charge in [0.1, 0.15) is 5.60 Å². The first-order chi connectivity index (χ1) is 14.7. The average Bonchev–Trinajstić information content (AvgIpc) is 2.64. The lowest BCUT2D eigenvalue weighted by Crippen LogP contribution is -2.47. The fourth-order valence-electron chi connectivity index (χ4n) is 3.72. The lowest BCUT2D eigenvalue weighted by molar-refractivity contribution is -0.155. The second kappa shape index (κ2) is 11.2. The number of amides is 2. The maximum absolute atomic E-state index is 13.4. The molecule has 0 radical (unpaired) electrons. The Balaban J connectivity index is 3.16. The van der Waals surface area contributed by atoms with Crippen molar-refractivity contribution in [2.45, 2.75) is 59.6 Å². The van der Waals surface area contributed by atoms with Crippen LogP contribution in [0.3, 0.4) is 0 Å². The van der Waals surface area contributed by atoms with Gasteiger partial charge in [-0.1, -0.05) is 57.2 Å². The van der Waals surface area contributed by atoms with Gasteiger partial charge in [-0.2, -0.15) is 0 Å². The molecule has 178 valence electrons. The summed E-state index contributed by atoms with van der Waals surface area (Å²) in [6.07, 6.45) is 1.23. The molecule has 0 saturated carbocycles. The first kappa shape index (κ1) is 27.2. The number of benzene rings is 1. The number of nitrogens with zero attached hydrogens (tertiary/aromatic N) is 1. The van der Waals surface area contributed by atoms with Gasteiger partial charge in [0.15, 0.2) is 0 Å². The fourth-order valence-corrected chi connectivity index (χ4v) is 3.72. The van der Waals surface area contributed by atoms with Gasteiger partial charge in [0.2, 0.25) is 5.91 Å². The predicted octanol–water partition coefficient (Wildman–Crippen LogP) is 4.65. The first-order valence-corrected chi connectivity index (χ1v) is 10.8.